The van der Waals surface area contributed by atoms with Gasteiger partial charge in [-0.05, 0) is 60.7 Å². The van der Waals surface area contributed by atoms with Crippen LogP contribution in [0.15, 0.2) is 84.0 Å². The number of halogens is 2. The van der Waals surface area contributed by atoms with Gasteiger partial charge in [0, 0.05) is 39.0 Å². The highest BCUT2D eigenvalue weighted by Crippen LogP contribution is 2.26. The van der Waals surface area contributed by atoms with Crippen LogP contribution in [-0.4, -0.2) is 19.2 Å². The minimum atomic E-state index is -1.30. The zero-order valence-electron chi connectivity index (χ0n) is 15.5. The summed E-state index contributed by atoms with van der Waals surface area (Å²) in [5.74, 6) is 1.61. The molecule has 5 nitrogen and oxygen atoms in total. The Morgan fingerprint density at radius 2 is 1.47 bits per heavy atom. The molecule has 1 atom stereocenters. The normalized spacial score (nSPS) is 11.8. The summed E-state index contributed by atoms with van der Waals surface area (Å²) in [5, 5.41) is 1.21. The van der Waals surface area contributed by atoms with Crippen molar-refractivity contribution in [2.45, 2.75) is 10.6 Å². The molecule has 0 N–H and O–H groups in total. The molecule has 0 amide bonds. The number of nitrogens with zero attached hydrogens (tertiary/aromatic N) is 3. The first kappa shape index (κ1) is 20.5. The van der Waals surface area contributed by atoms with Crippen LogP contribution in [0.5, 0.6) is 11.6 Å². The molecule has 0 aliphatic rings. The molecule has 4 rings (SSSR count). The number of rotatable bonds is 6. The third kappa shape index (κ3) is 5.21. The van der Waals surface area contributed by atoms with Crippen molar-refractivity contribution < 1.29 is 8.95 Å². The van der Waals surface area contributed by atoms with Crippen LogP contribution < -0.4 is 4.74 Å². The van der Waals surface area contributed by atoms with Crippen LogP contribution in [0.1, 0.15) is 5.69 Å². The van der Waals surface area contributed by atoms with Crippen LogP contribution in [0.3, 0.4) is 0 Å². The lowest BCUT2D eigenvalue weighted by Gasteiger charge is -2.10. The summed E-state index contributed by atoms with van der Waals surface area (Å²) in [6.45, 7) is 0. The molecular weight excluding hydrogens is 441 g/mol. The van der Waals surface area contributed by atoms with E-state index in [1.165, 1.54) is 0 Å². The first-order chi connectivity index (χ1) is 14.6. The van der Waals surface area contributed by atoms with E-state index in [0.29, 0.717) is 38.1 Å². The van der Waals surface area contributed by atoms with Crippen molar-refractivity contribution >= 4 is 34.0 Å². The summed E-state index contributed by atoms with van der Waals surface area (Å²) < 4.78 is 18.7. The van der Waals surface area contributed by atoms with Crippen LogP contribution in [0.2, 0.25) is 10.0 Å². The van der Waals surface area contributed by atoms with Crippen molar-refractivity contribution in [1.82, 2.24) is 15.0 Å². The first-order valence-corrected chi connectivity index (χ1v) is 11.0. The molecule has 0 radical (unpaired) electrons. The van der Waals surface area contributed by atoms with Crippen molar-refractivity contribution in [3.8, 4) is 23.0 Å². The second-order valence-electron chi connectivity index (χ2n) is 6.26. The lowest BCUT2D eigenvalue weighted by molar-refractivity contribution is 0.461. The Balaban J connectivity index is 1.67. The third-order valence-electron chi connectivity index (χ3n) is 4.09. The maximum atomic E-state index is 12.8. The van der Waals surface area contributed by atoms with Crippen LogP contribution in [0.25, 0.3) is 11.4 Å². The molecule has 150 valence electrons. The van der Waals surface area contributed by atoms with Gasteiger partial charge in [0.05, 0.1) is 22.2 Å². The van der Waals surface area contributed by atoms with E-state index in [9.17, 15) is 4.21 Å². The quantitative estimate of drug-likeness (QED) is 0.359. The molecule has 30 heavy (non-hydrogen) atoms. The molecule has 0 saturated carbocycles. The Morgan fingerprint density at radius 3 is 2.13 bits per heavy atom. The van der Waals surface area contributed by atoms with Gasteiger partial charge in [-0.3, -0.25) is 9.19 Å². The highest BCUT2D eigenvalue weighted by atomic mass is 35.5. The lowest BCUT2D eigenvalue weighted by atomic mass is 10.2. The molecule has 0 spiro atoms. The molecule has 0 bridgehead atoms. The molecule has 0 aliphatic heterocycles. The van der Waals surface area contributed by atoms with E-state index in [4.69, 9.17) is 27.9 Å². The second kappa shape index (κ2) is 9.34. The van der Waals surface area contributed by atoms with Crippen LogP contribution in [-0.2, 0) is 16.6 Å². The van der Waals surface area contributed by atoms with Crippen molar-refractivity contribution in [2.75, 3.05) is 0 Å². The molecule has 1 unspecified atom stereocenters. The van der Waals surface area contributed by atoms with E-state index in [1.807, 2.05) is 0 Å². The molecule has 8 heteroatoms. The zero-order valence-corrected chi connectivity index (χ0v) is 17.9. The number of hydrogen-bond acceptors (Lipinski definition) is 5. The van der Waals surface area contributed by atoms with E-state index in [2.05, 4.69) is 15.0 Å². The predicted molar refractivity (Wildman–Crippen MR) is 118 cm³/mol. The molecule has 4 aromatic rings. The van der Waals surface area contributed by atoms with Gasteiger partial charge >= 0.3 is 0 Å². The van der Waals surface area contributed by atoms with Gasteiger partial charge in [0.15, 0.2) is 5.82 Å². The maximum absolute atomic E-state index is 12.8. The minimum absolute atomic E-state index is 0.208. The fourth-order valence-corrected chi connectivity index (χ4v) is 3.93. The number of hydrogen-bond donors (Lipinski definition) is 0. The molecule has 0 fully saturated rings. The van der Waals surface area contributed by atoms with Crippen LogP contribution in [0, 0.1) is 0 Å². The van der Waals surface area contributed by atoms with Gasteiger partial charge in [0.1, 0.15) is 5.75 Å². The summed E-state index contributed by atoms with van der Waals surface area (Å²) in [6, 6.07) is 19.2. The second-order valence-corrected chi connectivity index (χ2v) is 8.58. The Labute approximate surface area is 186 Å². The highest BCUT2D eigenvalue weighted by Gasteiger charge is 2.13. The van der Waals surface area contributed by atoms with Gasteiger partial charge in [-0.2, -0.15) is 4.98 Å². The minimum Gasteiger partial charge on any atom is -0.439 e. The van der Waals surface area contributed by atoms with E-state index in [-0.39, 0.29) is 5.75 Å². The van der Waals surface area contributed by atoms with Crippen molar-refractivity contribution in [1.29, 1.82) is 0 Å². The predicted octanol–water partition coefficient (Wildman–Crippen LogP) is 5.95. The number of pyridine rings is 1. The van der Waals surface area contributed by atoms with Gasteiger partial charge in [-0.25, -0.2) is 4.98 Å². The fraction of sp³-hybridized carbons (Fsp3) is 0.0455. The average molecular weight is 456 g/mol. The lowest BCUT2D eigenvalue weighted by Crippen LogP contribution is -2.03. The molecular formula is C22H15Cl2N3O2S. The number of aromatic nitrogens is 3. The molecule has 2 aromatic carbocycles. The monoisotopic (exact) mass is 455 g/mol. The van der Waals surface area contributed by atoms with Gasteiger partial charge in [-0.1, -0.05) is 23.2 Å². The standard InChI is InChI=1S/C22H15Cl2N3O2S/c23-16-1-5-19(6-2-16)29-21-13-18(14-30(28)20-7-3-17(24)4-8-20)26-22(27-21)15-9-11-25-12-10-15/h1-13H,14H2. The SMILES string of the molecule is O=S(Cc1cc(Oc2ccc(Cl)cc2)nc(-c2ccncc2)n1)c1ccc(Cl)cc1. The molecule has 0 saturated heterocycles. The van der Waals surface area contributed by atoms with Crippen LogP contribution >= 0.6 is 23.2 Å². The van der Waals surface area contributed by atoms with Gasteiger partial charge in [0.25, 0.3) is 0 Å². The highest BCUT2D eigenvalue weighted by molar-refractivity contribution is 7.84. The van der Waals surface area contributed by atoms with E-state index < -0.39 is 10.8 Å². The molecule has 2 heterocycles. The average Bonchev–Trinajstić information content (AvgIpc) is 2.76. The van der Waals surface area contributed by atoms with Crippen LogP contribution in [0.4, 0.5) is 0 Å². The van der Waals surface area contributed by atoms with Gasteiger partial charge in [-0.15, -0.1) is 0 Å². The van der Waals surface area contributed by atoms with E-state index in [0.717, 1.165) is 5.56 Å². The first-order valence-electron chi connectivity index (χ1n) is 8.92. The fourth-order valence-electron chi connectivity index (χ4n) is 2.66. The van der Waals surface area contributed by atoms with E-state index >= 15 is 0 Å². The summed E-state index contributed by atoms with van der Waals surface area (Å²) in [6.07, 6.45) is 3.33. The van der Waals surface area contributed by atoms with Crippen molar-refractivity contribution in [3.63, 3.8) is 0 Å². The topological polar surface area (TPSA) is 65.0 Å². The molecule has 0 aliphatic carbocycles. The largest absolute Gasteiger partial charge is 0.439 e. The molecule has 2 aromatic heterocycles. The van der Waals surface area contributed by atoms with Gasteiger partial charge < -0.3 is 4.74 Å². The number of ether oxygens (including phenoxy) is 1. The van der Waals surface area contributed by atoms with E-state index in [1.54, 1.807) is 79.1 Å². The van der Waals surface area contributed by atoms with Crippen molar-refractivity contribution in [3.05, 3.63) is 94.9 Å². The summed E-state index contributed by atoms with van der Waals surface area (Å²) in [7, 11) is -1.30. The summed E-state index contributed by atoms with van der Waals surface area (Å²) in [5.41, 5.74) is 1.37. The Bertz CT molecular complexity index is 1170. The Hall–Kier alpha value is -2.80. The smallest absolute Gasteiger partial charge is 0.223 e. The van der Waals surface area contributed by atoms with Crippen molar-refractivity contribution in [2.24, 2.45) is 0 Å². The Kier molecular flexibility index (Phi) is 6.38. The number of benzene rings is 2. The van der Waals surface area contributed by atoms with Gasteiger partial charge in [0.2, 0.25) is 5.88 Å². The maximum Gasteiger partial charge on any atom is 0.223 e. The summed E-state index contributed by atoms with van der Waals surface area (Å²) >= 11 is 11.9. The Morgan fingerprint density at radius 1 is 0.833 bits per heavy atom. The summed E-state index contributed by atoms with van der Waals surface area (Å²) in [4.78, 5) is 13.8. The third-order valence-corrected chi connectivity index (χ3v) is 5.95. The zero-order chi connectivity index (χ0) is 20.9.